The zero-order valence-corrected chi connectivity index (χ0v) is 13.4. The lowest BCUT2D eigenvalue weighted by Gasteiger charge is -2.07. The van der Waals surface area contributed by atoms with Gasteiger partial charge in [-0.2, -0.15) is 5.26 Å². The van der Waals surface area contributed by atoms with Crippen LogP contribution in [0, 0.1) is 17.1 Å². The summed E-state index contributed by atoms with van der Waals surface area (Å²) in [6.45, 7) is 1.98. The van der Waals surface area contributed by atoms with E-state index in [1.54, 1.807) is 0 Å². The second-order valence-electron chi connectivity index (χ2n) is 6.16. The first-order chi connectivity index (χ1) is 11.7. The Morgan fingerprint density at radius 3 is 2.38 bits per heavy atom. The summed E-state index contributed by atoms with van der Waals surface area (Å²) >= 11 is 0. The van der Waals surface area contributed by atoms with E-state index in [2.05, 4.69) is 24.3 Å². The van der Waals surface area contributed by atoms with Crippen molar-refractivity contribution >= 4 is 0 Å². The molecule has 1 nitrogen and oxygen atoms in total. The van der Waals surface area contributed by atoms with Crippen molar-refractivity contribution < 1.29 is 4.39 Å². The largest absolute Gasteiger partial charge is 0.206 e. The molecule has 0 fully saturated rings. The Kier molecular flexibility index (Phi) is 3.43. The van der Waals surface area contributed by atoms with Crippen LogP contribution in [-0.2, 0) is 12.8 Å². The smallest absolute Gasteiger partial charge is 0.130 e. The molecule has 116 valence electrons. The standard InChI is InChI=1S/C22H16FN/c1-2-15-7-10-20-19-9-8-17(11-18(19)12-21(20)22(15)23)16-5-3-14(13-24)4-6-16/h3-11H,2,12H2,1H3. The van der Waals surface area contributed by atoms with Crippen LogP contribution in [0.3, 0.4) is 0 Å². The zero-order chi connectivity index (χ0) is 16.7. The summed E-state index contributed by atoms with van der Waals surface area (Å²) < 4.78 is 14.6. The molecule has 1 aliphatic carbocycles. The molecule has 0 heterocycles. The number of halogens is 1. The van der Waals surface area contributed by atoms with E-state index in [-0.39, 0.29) is 5.82 Å². The van der Waals surface area contributed by atoms with Crippen LogP contribution >= 0.6 is 0 Å². The average molecular weight is 313 g/mol. The minimum absolute atomic E-state index is 0.0499. The van der Waals surface area contributed by atoms with Gasteiger partial charge in [0.2, 0.25) is 0 Å². The maximum Gasteiger partial charge on any atom is 0.130 e. The molecule has 4 rings (SSSR count). The van der Waals surface area contributed by atoms with Gasteiger partial charge >= 0.3 is 0 Å². The summed E-state index contributed by atoms with van der Waals surface area (Å²) in [7, 11) is 0. The number of hydrogen-bond acceptors (Lipinski definition) is 1. The lowest BCUT2D eigenvalue weighted by Crippen LogP contribution is -1.94. The molecule has 0 unspecified atom stereocenters. The van der Waals surface area contributed by atoms with E-state index < -0.39 is 0 Å². The Morgan fingerprint density at radius 1 is 0.958 bits per heavy atom. The minimum atomic E-state index is -0.0499. The van der Waals surface area contributed by atoms with Gasteiger partial charge in [-0.15, -0.1) is 0 Å². The van der Waals surface area contributed by atoms with Gasteiger partial charge in [0.25, 0.3) is 0 Å². The second-order valence-corrected chi connectivity index (χ2v) is 6.16. The fraction of sp³-hybridized carbons (Fsp3) is 0.136. The number of aryl methyl sites for hydroxylation is 1. The van der Waals surface area contributed by atoms with Crippen molar-refractivity contribution in [2.24, 2.45) is 0 Å². The van der Waals surface area contributed by atoms with Gasteiger partial charge in [-0.25, -0.2) is 4.39 Å². The van der Waals surface area contributed by atoms with Gasteiger partial charge in [0, 0.05) is 12.0 Å². The normalized spacial score (nSPS) is 11.7. The maximum atomic E-state index is 14.6. The molecule has 0 N–H and O–H groups in total. The molecule has 0 aliphatic heterocycles. The third-order valence-corrected chi connectivity index (χ3v) is 4.81. The Labute approximate surface area is 141 Å². The molecular weight excluding hydrogens is 297 g/mol. The molecule has 1 aliphatic rings. The lowest BCUT2D eigenvalue weighted by atomic mass is 9.98. The number of hydrogen-bond donors (Lipinski definition) is 0. The molecule has 0 aromatic heterocycles. The molecule has 0 saturated carbocycles. The maximum absolute atomic E-state index is 14.6. The summed E-state index contributed by atoms with van der Waals surface area (Å²) in [6, 6.07) is 19.9. The summed E-state index contributed by atoms with van der Waals surface area (Å²) in [5, 5.41) is 8.91. The first-order valence-corrected chi connectivity index (χ1v) is 8.15. The van der Waals surface area contributed by atoms with Crippen LogP contribution in [0.2, 0.25) is 0 Å². The number of rotatable bonds is 2. The van der Waals surface area contributed by atoms with Crippen molar-refractivity contribution in [1.82, 2.24) is 0 Å². The van der Waals surface area contributed by atoms with Crippen LogP contribution in [0.1, 0.15) is 29.2 Å². The summed E-state index contributed by atoms with van der Waals surface area (Å²) in [5.74, 6) is -0.0499. The summed E-state index contributed by atoms with van der Waals surface area (Å²) in [5.41, 5.74) is 7.75. The van der Waals surface area contributed by atoms with Crippen LogP contribution in [0.5, 0.6) is 0 Å². The molecule has 3 aromatic carbocycles. The van der Waals surface area contributed by atoms with Gasteiger partial charge in [-0.3, -0.25) is 0 Å². The van der Waals surface area contributed by atoms with Crippen molar-refractivity contribution in [3.05, 3.63) is 82.7 Å². The van der Waals surface area contributed by atoms with Crippen molar-refractivity contribution in [3.8, 4) is 28.3 Å². The molecule has 0 spiro atoms. The number of nitrogens with zero attached hydrogens (tertiary/aromatic N) is 1. The van der Waals surface area contributed by atoms with Gasteiger partial charge < -0.3 is 0 Å². The highest BCUT2D eigenvalue weighted by atomic mass is 19.1. The molecular formula is C22H16FN. The second kappa shape index (κ2) is 5.62. The Morgan fingerprint density at radius 2 is 1.67 bits per heavy atom. The predicted molar refractivity (Wildman–Crippen MR) is 94.2 cm³/mol. The fourth-order valence-electron chi connectivity index (χ4n) is 3.48. The molecule has 0 radical (unpaired) electrons. The van der Waals surface area contributed by atoms with Gasteiger partial charge in [-0.05, 0) is 51.9 Å². The van der Waals surface area contributed by atoms with Crippen LogP contribution in [0.15, 0.2) is 54.6 Å². The molecule has 2 heteroatoms. The van der Waals surface area contributed by atoms with Crippen molar-refractivity contribution in [3.63, 3.8) is 0 Å². The molecule has 0 saturated heterocycles. The van der Waals surface area contributed by atoms with Crippen LogP contribution < -0.4 is 0 Å². The van der Waals surface area contributed by atoms with Gasteiger partial charge in [-0.1, -0.05) is 49.4 Å². The van der Waals surface area contributed by atoms with E-state index in [1.165, 1.54) is 5.56 Å². The topological polar surface area (TPSA) is 23.8 Å². The van der Waals surface area contributed by atoms with E-state index in [9.17, 15) is 4.39 Å². The molecule has 24 heavy (non-hydrogen) atoms. The number of fused-ring (bicyclic) bond motifs is 3. The molecule has 3 aromatic rings. The third kappa shape index (κ3) is 2.21. The average Bonchev–Trinajstić information content (AvgIpc) is 3.01. The predicted octanol–water partition coefficient (Wildman–Crippen LogP) is 5.50. The first kappa shape index (κ1) is 14.7. The Hall–Kier alpha value is -2.92. The van der Waals surface area contributed by atoms with E-state index in [1.807, 2.05) is 43.3 Å². The van der Waals surface area contributed by atoms with Crippen LogP contribution in [-0.4, -0.2) is 0 Å². The summed E-state index contributed by atoms with van der Waals surface area (Å²) in [4.78, 5) is 0. The first-order valence-electron chi connectivity index (χ1n) is 8.15. The molecule has 0 bridgehead atoms. The van der Waals surface area contributed by atoms with E-state index in [4.69, 9.17) is 5.26 Å². The Bertz CT molecular complexity index is 978. The van der Waals surface area contributed by atoms with Gasteiger partial charge in [0.1, 0.15) is 5.82 Å². The molecule has 0 atom stereocenters. The van der Waals surface area contributed by atoms with E-state index >= 15 is 0 Å². The van der Waals surface area contributed by atoms with Gasteiger partial charge in [0.15, 0.2) is 0 Å². The minimum Gasteiger partial charge on any atom is -0.206 e. The number of nitriles is 1. The third-order valence-electron chi connectivity index (χ3n) is 4.81. The Balaban J connectivity index is 1.76. The number of benzene rings is 3. The van der Waals surface area contributed by atoms with Gasteiger partial charge in [0.05, 0.1) is 11.6 Å². The highest BCUT2D eigenvalue weighted by Gasteiger charge is 2.23. The summed E-state index contributed by atoms with van der Waals surface area (Å²) in [6.07, 6.45) is 1.36. The highest BCUT2D eigenvalue weighted by Crippen LogP contribution is 2.40. The lowest BCUT2D eigenvalue weighted by molar-refractivity contribution is 0.601. The quantitative estimate of drug-likeness (QED) is 0.479. The van der Waals surface area contributed by atoms with Crippen molar-refractivity contribution in [2.45, 2.75) is 19.8 Å². The van der Waals surface area contributed by atoms with Crippen LogP contribution in [0.25, 0.3) is 22.3 Å². The monoisotopic (exact) mass is 313 g/mol. The van der Waals surface area contributed by atoms with E-state index in [0.717, 1.165) is 33.4 Å². The highest BCUT2D eigenvalue weighted by molar-refractivity contribution is 5.80. The van der Waals surface area contributed by atoms with Crippen molar-refractivity contribution in [1.29, 1.82) is 5.26 Å². The van der Waals surface area contributed by atoms with E-state index in [0.29, 0.717) is 18.4 Å². The zero-order valence-electron chi connectivity index (χ0n) is 13.4. The molecule has 0 amide bonds. The van der Waals surface area contributed by atoms with Crippen molar-refractivity contribution in [2.75, 3.05) is 0 Å². The fourth-order valence-corrected chi connectivity index (χ4v) is 3.48. The SMILES string of the molecule is CCc1ccc2c(c1F)Cc1cc(-c3ccc(C#N)cc3)ccc1-2. The van der Waals surface area contributed by atoms with Crippen LogP contribution in [0.4, 0.5) is 4.39 Å².